The number of fused-ring (bicyclic) bond motifs is 7. The van der Waals surface area contributed by atoms with Crippen LogP contribution in [0.1, 0.15) is 106 Å². The number of carboxylic acids is 1. The zero-order valence-corrected chi connectivity index (χ0v) is 22.5. The monoisotopic (exact) mass is 484 g/mol. The molecule has 4 fully saturated rings. The average molecular weight is 485 g/mol. The van der Waals surface area contributed by atoms with Gasteiger partial charge in [-0.15, -0.1) is 0 Å². The number of aldehydes is 1. The Morgan fingerprint density at radius 2 is 1.49 bits per heavy atom. The van der Waals surface area contributed by atoms with Crippen molar-refractivity contribution in [3.63, 3.8) is 0 Å². The first-order valence-electron chi connectivity index (χ1n) is 13.8. The van der Waals surface area contributed by atoms with Crippen LogP contribution in [0.15, 0.2) is 11.3 Å². The predicted molar refractivity (Wildman–Crippen MR) is 134 cm³/mol. The highest BCUT2D eigenvalue weighted by Crippen LogP contribution is 2.78. The number of ketones is 1. The first-order valence-corrected chi connectivity index (χ1v) is 13.8. The van der Waals surface area contributed by atoms with Gasteiger partial charge < -0.3 is 15.0 Å². The summed E-state index contributed by atoms with van der Waals surface area (Å²) in [4.78, 5) is 37.8. The van der Waals surface area contributed by atoms with Gasteiger partial charge in [0.25, 0.3) is 0 Å². The Morgan fingerprint density at radius 1 is 0.886 bits per heavy atom. The van der Waals surface area contributed by atoms with Crippen LogP contribution in [0.3, 0.4) is 0 Å². The smallest absolute Gasteiger partial charge is 0.309 e. The van der Waals surface area contributed by atoms with E-state index in [-0.39, 0.29) is 45.5 Å². The lowest BCUT2D eigenvalue weighted by atomic mass is 9.30. The quantitative estimate of drug-likeness (QED) is 0.436. The number of hydrogen-bond donors (Lipinski definition) is 2. The van der Waals surface area contributed by atoms with E-state index in [1.807, 2.05) is 6.92 Å². The SMILES string of the molecule is CC1=C(O)C(=O)C[C@H]2[C@]3(C)CC[C@@]4(C)[C@@H]5C[C@](C)(C(=O)O)CC[C@]5(C)CC[C@]4(C)[C@@H]3CC[C@]12C=O. The lowest BCUT2D eigenvalue weighted by Gasteiger charge is -2.74. The molecule has 0 radical (unpaired) electrons. The minimum Gasteiger partial charge on any atom is -0.504 e. The molecule has 9 atom stereocenters. The third-order valence-electron chi connectivity index (χ3n) is 13.5. The van der Waals surface area contributed by atoms with E-state index in [0.29, 0.717) is 23.8 Å². The molecule has 4 saturated carbocycles. The van der Waals surface area contributed by atoms with Crippen LogP contribution in [0, 0.1) is 50.2 Å². The van der Waals surface area contributed by atoms with Gasteiger partial charge in [-0.1, -0.05) is 27.7 Å². The maximum absolute atomic E-state index is 12.8. The third kappa shape index (κ3) is 2.84. The van der Waals surface area contributed by atoms with Crippen molar-refractivity contribution in [1.29, 1.82) is 0 Å². The molecule has 0 aromatic heterocycles. The number of hydrogen-bond acceptors (Lipinski definition) is 4. The van der Waals surface area contributed by atoms with Crippen molar-refractivity contribution in [2.45, 2.75) is 106 Å². The predicted octanol–water partition coefficient (Wildman–Crippen LogP) is 6.51. The normalized spacial score (nSPS) is 53.7. The summed E-state index contributed by atoms with van der Waals surface area (Å²) in [6.07, 6.45) is 9.55. The van der Waals surface area contributed by atoms with E-state index >= 15 is 0 Å². The Hall–Kier alpha value is -1.65. The molecule has 0 saturated heterocycles. The van der Waals surface area contributed by atoms with Crippen molar-refractivity contribution >= 4 is 18.0 Å². The highest BCUT2D eigenvalue weighted by Gasteiger charge is 2.71. The Labute approximate surface area is 210 Å². The fraction of sp³-hybridized carbons (Fsp3) is 0.833. The molecular formula is C30H44O5. The first-order chi connectivity index (χ1) is 16.1. The van der Waals surface area contributed by atoms with Crippen molar-refractivity contribution in [3.05, 3.63) is 11.3 Å². The van der Waals surface area contributed by atoms with Crippen LogP contribution in [-0.4, -0.2) is 28.3 Å². The van der Waals surface area contributed by atoms with Gasteiger partial charge in [-0.05, 0) is 117 Å². The second-order valence-corrected chi connectivity index (χ2v) is 14.5. The molecule has 194 valence electrons. The van der Waals surface area contributed by atoms with Crippen molar-refractivity contribution in [2.24, 2.45) is 50.2 Å². The Morgan fingerprint density at radius 3 is 2.11 bits per heavy atom. The molecule has 2 N–H and O–H groups in total. The van der Waals surface area contributed by atoms with E-state index in [9.17, 15) is 24.6 Å². The standard InChI is InChI=1S/C30H44O5/c1-18-23(33)19(32)15-21-27(4)12-14-29(6)22-16-26(3,24(34)35)10-9-25(22,2)11-13-28(29,5)20(27)7-8-30(18,21)17-31/h17,20-22,33H,7-16H2,1-6H3,(H,34,35)/t20-,21+,22-,25-,26-,27-,28-,29+,30+/m1/s1. The molecule has 0 bridgehead atoms. The largest absolute Gasteiger partial charge is 0.504 e. The molecule has 0 aliphatic heterocycles. The summed E-state index contributed by atoms with van der Waals surface area (Å²) in [5.41, 5.74) is -0.783. The minimum atomic E-state index is -0.747. The number of Topliss-reactive ketones (excluding diaryl/α,β-unsaturated/α-hetero) is 1. The highest BCUT2D eigenvalue weighted by atomic mass is 16.4. The number of aliphatic hydroxyl groups excluding tert-OH is 1. The second-order valence-electron chi connectivity index (χ2n) is 14.5. The van der Waals surface area contributed by atoms with Gasteiger partial charge in [0, 0.05) is 6.42 Å². The van der Waals surface area contributed by atoms with E-state index < -0.39 is 16.8 Å². The van der Waals surface area contributed by atoms with Crippen LogP contribution in [0.4, 0.5) is 0 Å². The number of aliphatic carboxylic acids is 1. The molecule has 0 spiro atoms. The summed E-state index contributed by atoms with van der Waals surface area (Å²) in [7, 11) is 0. The highest BCUT2D eigenvalue weighted by molar-refractivity contribution is 5.97. The lowest BCUT2D eigenvalue weighted by Crippen LogP contribution is -2.68. The van der Waals surface area contributed by atoms with E-state index in [0.717, 1.165) is 57.7 Å². The maximum Gasteiger partial charge on any atom is 0.309 e. The number of rotatable bonds is 2. The molecular weight excluding hydrogens is 440 g/mol. The zero-order chi connectivity index (χ0) is 25.8. The van der Waals surface area contributed by atoms with Crippen LogP contribution in [0.25, 0.3) is 0 Å². The van der Waals surface area contributed by atoms with Gasteiger partial charge in [0.15, 0.2) is 11.5 Å². The molecule has 35 heavy (non-hydrogen) atoms. The van der Waals surface area contributed by atoms with Crippen molar-refractivity contribution in [1.82, 2.24) is 0 Å². The molecule has 0 aromatic rings. The Balaban J connectivity index is 1.59. The van der Waals surface area contributed by atoms with E-state index in [2.05, 4.69) is 27.7 Å². The summed E-state index contributed by atoms with van der Waals surface area (Å²) in [6.45, 7) is 13.4. The fourth-order valence-corrected chi connectivity index (χ4v) is 10.7. The Bertz CT molecular complexity index is 1030. The molecule has 0 unspecified atom stereocenters. The molecule has 5 aliphatic carbocycles. The second kappa shape index (κ2) is 7.22. The van der Waals surface area contributed by atoms with Crippen molar-refractivity contribution in [3.8, 4) is 0 Å². The van der Waals surface area contributed by atoms with E-state index in [1.165, 1.54) is 0 Å². The number of carboxylic acid groups (broad SMARTS) is 1. The summed E-state index contributed by atoms with van der Waals surface area (Å²) in [6, 6.07) is 0. The van der Waals surface area contributed by atoms with Gasteiger partial charge in [-0.25, -0.2) is 0 Å². The lowest BCUT2D eigenvalue weighted by molar-refractivity contribution is -0.248. The van der Waals surface area contributed by atoms with E-state index in [4.69, 9.17) is 0 Å². The zero-order valence-electron chi connectivity index (χ0n) is 22.5. The van der Waals surface area contributed by atoms with Gasteiger partial charge in [0.2, 0.25) is 0 Å². The fourth-order valence-electron chi connectivity index (χ4n) is 10.7. The summed E-state index contributed by atoms with van der Waals surface area (Å²) < 4.78 is 0. The van der Waals surface area contributed by atoms with Crippen LogP contribution >= 0.6 is 0 Å². The van der Waals surface area contributed by atoms with Gasteiger partial charge in [0.1, 0.15) is 6.29 Å². The summed E-state index contributed by atoms with van der Waals surface area (Å²) >= 11 is 0. The molecule has 5 aliphatic rings. The van der Waals surface area contributed by atoms with Crippen LogP contribution in [-0.2, 0) is 14.4 Å². The maximum atomic E-state index is 12.8. The summed E-state index contributed by atoms with van der Waals surface area (Å²) in [5, 5.41) is 20.6. The number of allylic oxidation sites excluding steroid dienone is 2. The number of carbonyl (C=O) groups is 3. The van der Waals surface area contributed by atoms with E-state index in [1.54, 1.807) is 6.92 Å². The molecule has 0 amide bonds. The van der Waals surface area contributed by atoms with Crippen LogP contribution in [0.5, 0.6) is 0 Å². The van der Waals surface area contributed by atoms with Crippen molar-refractivity contribution < 1.29 is 24.6 Å². The molecule has 5 heteroatoms. The van der Waals surface area contributed by atoms with Crippen LogP contribution < -0.4 is 0 Å². The molecule has 0 heterocycles. The number of aliphatic hydroxyl groups is 1. The van der Waals surface area contributed by atoms with Gasteiger partial charge in [0.05, 0.1) is 10.8 Å². The third-order valence-corrected chi connectivity index (χ3v) is 13.5. The van der Waals surface area contributed by atoms with Gasteiger partial charge in [-0.2, -0.15) is 0 Å². The molecule has 5 nitrogen and oxygen atoms in total. The number of carbonyl (C=O) groups excluding carboxylic acids is 2. The van der Waals surface area contributed by atoms with Gasteiger partial charge in [-0.3, -0.25) is 9.59 Å². The average Bonchev–Trinajstić information content (AvgIpc) is 2.81. The van der Waals surface area contributed by atoms with Crippen molar-refractivity contribution in [2.75, 3.05) is 0 Å². The summed E-state index contributed by atoms with van der Waals surface area (Å²) in [5.74, 6) is -0.427. The van der Waals surface area contributed by atoms with Crippen LogP contribution in [0.2, 0.25) is 0 Å². The minimum absolute atomic E-state index is 0.0220. The van der Waals surface area contributed by atoms with Gasteiger partial charge >= 0.3 is 5.97 Å². The topological polar surface area (TPSA) is 91.7 Å². The Kier molecular flexibility index (Phi) is 5.16. The molecule has 5 rings (SSSR count). The first kappa shape index (κ1) is 25.0. The molecule has 0 aromatic carbocycles.